The lowest BCUT2D eigenvalue weighted by molar-refractivity contribution is 0.279. The van der Waals surface area contributed by atoms with E-state index in [9.17, 15) is 4.39 Å². The number of rotatable bonds is 5. The number of amidine groups is 1. The van der Waals surface area contributed by atoms with Crippen molar-refractivity contribution in [2.75, 3.05) is 18.1 Å². The van der Waals surface area contributed by atoms with Crippen LogP contribution in [-0.2, 0) is 0 Å². The number of halogens is 1. The van der Waals surface area contributed by atoms with Gasteiger partial charge in [0.05, 0.1) is 5.69 Å². The minimum absolute atomic E-state index is 0.103. The molecular weight excluding hydrogens is 261 g/mol. The van der Waals surface area contributed by atoms with E-state index in [1.165, 1.54) is 6.07 Å². The van der Waals surface area contributed by atoms with Crippen molar-refractivity contribution in [1.29, 1.82) is 0 Å². The molecule has 1 aromatic rings. The van der Waals surface area contributed by atoms with Crippen LogP contribution in [0.25, 0.3) is 0 Å². The van der Waals surface area contributed by atoms with E-state index >= 15 is 0 Å². The van der Waals surface area contributed by atoms with Gasteiger partial charge in [-0.25, -0.2) is 4.39 Å². The number of oxime groups is 1. The fourth-order valence-corrected chi connectivity index (χ4v) is 2.74. The lowest BCUT2D eigenvalue weighted by Gasteiger charge is -2.27. The van der Waals surface area contributed by atoms with Gasteiger partial charge < -0.3 is 20.9 Å². The van der Waals surface area contributed by atoms with E-state index in [0.29, 0.717) is 11.3 Å². The third-order valence-electron chi connectivity index (χ3n) is 3.73. The van der Waals surface area contributed by atoms with Crippen molar-refractivity contribution in [3.63, 3.8) is 0 Å². The molecule has 1 fully saturated rings. The van der Waals surface area contributed by atoms with Crippen LogP contribution in [0.4, 0.5) is 10.1 Å². The summed E-state index contributed by atoms with van der Waals surface area (Å²) in [6, 6.07) is 4.87. The standard InChI is InChI=1S/C14H20FN3O2/c15-12-9-10(14(16)17-20)5-6-13(12)18-7-1-3-11(18)4-2-8-19/h5-6,9,11,19-20H,1-4,7-8H2,(H2,16,17). The van der Waals surface area contributed by atoms with Crippen molar-refractivity contribution in [3.05, 3.63) is 29.6 Å². The molecule has 1 aliphatic rings. The Kier molecular flexibility index (Phi) is 4.79. The quantitative estimate of drug-likeness (QED) is 0.332. The van der Waals surface area contributed by atoms with Crippen LogP contribution in [0.5, 0.6) is 0 Å². The first kappa shape index (κ1) is 14.6. The van der Waals surface area contributed by atoms with Crippen molar-refractivity contribution in [3.8, 4) is 0 Å². The van der Waals surface area contributed by atoms with Gasteiger partial charge in [-0.1, -0.05) is 5.16 Å². The molecule has 1 unspecified atom stereocenters. The van der Waals surface area contributed by atoms with Crippen LogP contribution in [0.1, 0.15) is 31.2 Å². The number of hydrogen-bond donors (Lipinski definition) is 3. The molecule has 0 saturated carbocycles. The summed E-state index contributed by atoms with van der Waals surface area (Å²) in [5.74, 6) is -0.473. The smallest absolute Gasteiger partial charge is 0.170 e. The second-order valence-corrected chi connectivity index (χ2v) is 5.01. The van der Waals surface area contributed by atoms with Crippen molar-refractivity contribution in [1.82, 2.24) is 0 Å². The average molecular weight is 281 g/mol. The zero-order valence-electron chi connectivity index (χ0n) is 11.3. The number of hydrogen-bond acceptors (Lipinski definition) is 4. The molecule has 1 atom stereocenters. The Bertz CT molecular complexity index is 493. The molecule has 0 aromatic heterocycles. The van der Waals surface area contributed by atoms with E-state index in [1.807, 2.05) is 4.90 Å². The molecule has 6 heteroatoms. The SMILES string of the molecule is NC(=NO)c1ccc(N2CCCC2CCCO)c(F)c1. The first-order valence-corrected chi connectivity index (χ1v) is 6.82. The highest BCUT2D eigenvalue weighted by atomic mass is 19.1. The molecule has 110 valence electrons. The van der Waals surface area contributed by atoms with E-state index < -0.39 is 0 Å². The van der Waals surface area contributed by atoms with Crippen molar-refractivity contribution in [2.45, 2.75) is 31.7 Å². The van der Waals surface area contributed by atoms with Crippen LogP contribution in [0.15, 0.2) is 23.4 Å². The Morgan fingerprint density at radius 3 is 2.95 bits per heavy atom. The summed E-state index contributed by atoms with van der Waals surface area (Å²) in [6.07, 6.45) is 3.63. The van der Waals surface area contributed by atoms with Gasteiger partial charge in [-0.15, -0.1) is 0 Å². The molecular formula is C14H20FN3O2. The van der Waals surface area contributed by atoms with E-state index in [0.717, 1.165) is 32.2 Å². The fourth-order valence-electron chi connectivity index (χ4n) is 2.74. The van der Waals surface area contributed by atoms with Crippen molar-refractivity contribution < 1.29 is 14.7 Å². The summed E-state index contributed by atoms with van der Waals surface area (Å²) in [5, 5.41) is 20.4. The second-order valence-electron chi connectivity index (χ2n) is 5.01. The molecule has 0 radical (unpaired) electrons. The molecule has 2 rings (SSSR count). The topological polar surface area (TPSA) is 82.1 Å². The Hall–Kier alpha value is -1.82. The summed E-state index contributed by atoms with van der Waals surface area (Å²) >= 11 is 0. The van der Waals surface area contributed by atoms with Crippen LogP contribution in [0.2, 0.25) is 0 Å². The van der Waals surface area contributed by atoms with Gasteiger partial charge in [0.1, 0.15) is 5.82 Å². The monoisotopic (exact) mass is 281 g/mol. The number of nitrogens with zero attached hydrogens (tertiary/aromatic N) is 2. The number of anilines is 1. The van der Waals surface area contributed by atoms with Gasteiger partial charge in [0.25, 0.3) is 0 Å². The number of nitrogens with two attached hydrogens (primary N) is 1. The van der Waals surface area contributed by atoms with Crippen molar-refractivity contribution >= 4 is 11.5 Å². The Labute approximate surface area is 117 Å². The predicted octanol–water partition coefficient (Wildman–Crippen LogP) is 1.66. The highest BCUT2D eigenvalue weighted by molar-refractivity contribution is 5.97. The maximum absolute atomic E-state index is 14.2. The van der Waals surface area contributed by atoms with E-state index in [-0.39, 0.29) is 24.3 Å². The number of benzene rings is 1. The van der Waals surface area contributed by atoms with Gasteiger partial charge in [0.15, 0.2) is 5.84 Å². The molecule has 1 aliphatic heterocycles. The van der Waals surface area contributed by atoms with Crippen LogP contribution in [0.3, 0.4) is 0 Å². The maximum Gasteiger partial charge on any atom is 0.170 e. The zero-order chi connectivity index (χ0) is 14.5. The predicted molar refractivity (Wildman–Crippen MR) is 75.6 cm³/mol. The third-order valence-corrected chi connectivity index (χ3v) is 3.73. The van der Waals surface area contributed by atoms with Crippen molar-refractivity contribution in [2.24, 2.45) is 10.9 Å². The van der Waals surface area contributed by atoms with E-state index in [2.05, 4.69) is 5.16 Å². The Morgan fingerprint density at radius 2 is 2.30 bits per heavy atom. The summed E-state index contributed by atoms with van der Waals surface area (Å²) in [7, 11) is 0. The van der Waals surface area contributed by atoms with Gasteiger partial charge in [0, 0.05) is 24.8 Å². The molecule has 0 bridgehead atoms. The maximum atomic E-state index is 14.2. The summed E-state index contributed by atoms with van der Waals surface area (Å²) in [4.78, 5) is 2.04. The van der Waals surface area contributed by atoms with Crippen LogP contribution in [0, 0.1) is 5.82 Å². The molecule has 5 nitrogen and oxygen atoms in total. The third kappa shape index (κ3) is 3.01. The first-order valence-electron chi connectivity index (χ1n) is 6.82. The molecule has 1 aromatic carbocycles. The van der Waals surface area contributed by atoms with E-state index in [1.54, 1.807) is 12.1 Å². The first-order chi connectivity index (χ1) is 9.67. The highest BCUT2D eigenvalue weighted by Gasteiger charge is 2.26. The van der Waals surface area contributed by atoms with Gasteiger partial charge in [-0.05, 0) is 43.9 Å². The summed E-state index contributed by atoms with van der Waals surface area (Å²) in [6.45, 7) is 0.977. The fraction of sp³-hybridized carbons (Fsp3) is 0.500. The van der Waals surface area contributed by atoms with Crippen LogP contribution < -0.4 is 10.6 Å². The second kappa shape index (κ2) is 6.56. The summed E-state index contributed by atoms with van der Waals surface area (Å²) < 4.78 is 14.2. The van der Waals surface area contributed by atoms with Gasteiger partial charge in [-0.2, -0.15) is 0 Å². The van der Waals surface area contributed by atoms with Gasteiger partial charge in [0.2, 0.25) is 0 Å². The molecule has 1 saturated heterocycles. The zero-order valence-corrected chi connectivity index (χ0v) is 11.3. The number of aliphatic hydroxyl groups excluding tert-OH is 1. The Balaban J connectivity index is 2.19. The minimum atomic E-state index is -0.370. The Morgan fingerprint density at radius 1 is 1.50 bits per heavy atom. The lowest BCUT2D eigenvalue weighted by Crippen LogP contribution is -2.30. The molecule has 1 heterocycles. The van der Waals surface area contributed by atoms with Gasteiger partial charge in [-0.3, -0.25) is 0 Å². The normalized spacial score (nSPS) is 19.6. The van der Waals surface area contributed by atoms with Crippen LogP contribution >= 0.6 is 0 Å². The molecule has 20 heavy (non-hydrogen) atoms. The van der Waals surface area contributed by atoms with Crippen LogP contribution in [-0.4, -0.2) is 35.3 Å². The molecule has 0 amide bonds. The number of aliphatic hydroxyl groups is 1. The molecule has 4 N–H and O–H groups in total. The minimum Gasteiger partial charge on any atom is -0.409 e. The largest absolute Gasteiger partial charge is 0.409 e. The van der Waals surface area contributed by atoms with Gasteiger partial charge >= 0.3 is 0 Å². The molecule has 0 aliphatic carbocycles. The average Bonchev–Trinajstić information content (AvgIpc) is 2.92. The lowest BCUT2D eigenvalue weighted by atomic mass is 10.1. The summed E-state index contributed by atoms with van der Waals surface area (Å²) in [5.41, 5.74) is 6.35. The van der Waals surface area contributed by atoms with E-state index in [4.69, 9.17) is 16.0 Å². The highest BCUT2D eigenvalue weighted by Crippen LogP contribution is 2.30. The molecule has 0 spiro atoms.